The topological polar surface area (TPSA) is 91.4 Å². The first-order valence-corrected chi connectivity index (χ1v) is 12.4. The van der Waals surface area contributed by atoms with Crippen molar-refractivity contribution >= 4 is 16.1 Å². The lowest BCUT2D eigenvalue weighted by molar-refractivity contribution is -0.122. The summed E-state index contributed by atoms with van der Waals surface area (Å²) in [5.74, 6) is 1.34. The third-order valence-electron chi connectivity index (χ3n) is 6.40. The van der Waals surface area contributed by atoms with Gasteiger partial charge in [0.2, 0.25) is 12.7 Å². The Bertz CT molecular complexity index is 880. The van der Waals surface area contributed by atoms with Crippen LogP contribution in [0.15, 0.2) is 18.2 Å². The Morgan fingerprint density at radius 3 is 2.55 bits per heavy atom. The Hall–Kier alpha value is -1.88. The predicted octanol–water partition coefficient (Wildman–Crippen LogP) is 1.16. The van der Waals surface area contributed by atoms with Gasteiger partial charge < -0.3 is 14.8 Å². The fourth-order valence-corrected chi connectivity index (χ4v) is 6.02. The minimum Gasteiger partial charge on any atom is -0.454 e. The highest BCUT2D eigenvalue weighted by atomic mass is 32.2. The molecule has 1 amide bonds. The van der Waals surface area contributed by atoms with Gasteiger partial charge in [-0.25, -0.2) is 0 Å². The molecule has 0 bridgehead atoms. The maximum atomic E-state index is 13.0. The van der Waals surface area contributed by atoms with Crippen molar-refractivity contribution < 1.29 is 22.7 Å². The fraction of sp³-hybridized carbons (Fsp3) is 0.667. The Morgan fingerprint density at radius 1 is 1.10 bits per heavy atom. The molecule has 10 heteroatoms. The van der Waals surface area contributed by atoms with E-state index >= 15 is 0 Å². The number of carbonyl (C=O) groups is 1. The fourth-order valence-electron chi connectivity index (χ4n) is 4.44. The zero-order chi connectivity index (χ0) is 21.8. The molecule has 1 saturated carbocycles. The lowest BCUT2D eigenvalue weighted by atomic mass is 9.96. The first-order valence-electron chi connectivity index (χ1n) is 11.0. The van der Waals surface area contributed by atoms with Crippen LogP contribution in [0.2, 0.25) is 0 Å². The lowest BCUT2D eigenvalue weighted by Gasteiger charge is -2.38. The van der Waals surface area contributed by atoms with E-state index in [1.165, 1.54) is 6.42 Å². The van der Waals surface area contributed by atoms with E-state index in [2.05, 4.69) is 5.32 Å². The number of carbonyl (C=O) groups excluding carboxylic acids is 1. The molecule has 1 aromatic rings. The standard InChI is InChI=1S/C21H32N4O5S/c1-23(18-5-3-2-4-6-18)31(27,28)25-11-9-24(10-12-25)15-21(26)22-14-17-7-8-19-20(13-17)30-16-29-19/h7-8,13,18H,2-6,9-12,14-16H2,1H3,(H,22,26). The smallest absolute Gasteiger partial charge is 0.282 e. The first-order chi connectivity index (χ1) is 14.9. The van der Waals surface area contributed by atoms with E-state index in [1.54, 1.807) is 15.7 Å². The van der Waals surface area contributed by atoms with Crippen molar-refractivity contribution in [2.24, 2.45) is 0 Å². The van der Waals surface area contributed by atoms with Gasteiger partial charge in [0.1, 0.15) is 0 Å². The highest BCUT2D eigenvalue weighted by molar-refractivity contribution is 7.86. The molecule has 9 nitrogen and oxygen atoms in total. The van der Waals surface area contributed by atoms with Gasteiger partial charge in [-0.05, 0) is 30.5 Å². The summed E-state index contributed by atoms with van der Waals surface area (Å²) in [4.78, 5) is 14.4. The van der Waals surface area contributed by atoms with Crippen LogP contribution in [0.3, 0.4) is 0 Å². The molecule has 3 aliphatic rings. The van der Waals surface area contributed by atoms with E-state index in [0.717, 1.165) is 37.0 Å². The molecule has 1 N–H and O–H groups in total. The van der Waals surface area contributed by atoms with Gasteiger partial charge in [0.05, 0.1) is 6.54 Å². The molecule has 2 heterocycles. The van der Waals surface area contributed by atoms with Crippen LogP contribution in [0.5, 0.6) is 11.5 Å². The molecule has 0 atom stereocenters. The molecule has 4 rings (SSSR count). The van der Waals surface area contributed by atoms with E-state index in [-0.39, 0.29) is 25.3 Å². The van der Waals surface area contributed by atoms with Crippen molar-refractivity contribution in [3.05, 3.63) is 23.8 Å². The third kappa shape index (κ3) is 5.31. The lowest BCUT2D eigenvalue weighted by Crippen LogP contribution is -2.55. The Labute approximate surface area is 184 Å². The Kier molecular flexibility index (Phi) is 7.00. The maximum absolute atomic E-state index is 13.0. The number of hydrogen-bond acceptors (Lipinski definition) is 6. The zero-order valence-electron chi connectivity index (χ0n) is 18.1. The second kappa shape index (κ2) is 9.72. The first kappa shape index (κ1) is 22.3. The number of amides is 1. The highest BCUT2D eigenvalue weighted by Gasteiger charge is 2.34. The van der Waals surface area contributed by atoms with Crippen LogP contribution in [0.1, 0.15) is 37.7 Å². The molecule has 31 heavy (non-hydrogen) atoms. The minimum absolute atomic E-state index is 0.0757. The molecule has 1 aliphatic carbocycles. The van der Waals surface area contributed by atoms with Crippen molar-refractivity contribution in [1.29, 1.82) is 0 Å². The summed E-state index contributed by atoms with van der Waals surface area (Å²) in [7, 11) is -1.74. The normalized spacial score (nSPS) is 20.8. The van der Waals surface area contributed by atoms with Crippen molar-refractivity contribution in [3.8, 4) is 11.5 Å². The average Bonchev–Trinajstić information content (AvgIpc) is 3.26. The van der Waals surface area contributed by atoms with Crippen LogP contribution < -0.4 is 14.8 Å². The summed E-state index contributed by atoms with van der Waals surface area (Å²) >= 11 is 0. The van der Waals surface area contributed by atoms with Crippen LogP contribution in [0.4, 0.5) is 0 Å². The minimum atomic E-state index is -3.45. The molecular weight excluding hydrogens is 420 g/mol. The van der Waals surface area contributed by atoms with Gasteiger partial charge in [-0.2, -0.15) is 17.0 Å². The van der Waals surface area contributed by atoms with E-state index in [9.17, 15) is 13.2 Å². The van der Waals surface area contributed by atoms with Gasteiger partial charge in [-0.3, -0.25) is 9.69 Å². The largest absolute Gasteiger partial charge is 0.454 e. The number of fused-ring (bicyclic) bond motifs is 1. The number of nitrogens with zero attached hydrogens (tertiary/aromatic N) is 3. The maximum Gasteiger partial charge on any atom is 0.282 e. The number of ether oxygens (including phenoxy) is 2. The SMILES string of the molecule is CN(C1CCCCC1)S(=O)(=O)N1CCN(CC(=O)NCc2ccc3c(c2)OCO3)CC1. The van der Waals surface area contributed by atoms with Crippen LogP contribution >= 0.6 is 0 Å². The zero-order valence-corrected chi connectivity index (χ0v) is 18.9. The molecule has 0 spiro atoms. The highest BCUT2D eigenvalue weighted by Crippen LogP contribution is 2.32. The van der Waals surface area contributed by atoms with E-state index in [1.807, 2.05) is 23.1 Å². The predicted molar refractivity (Wildman–Crippen MR) is 116 cm³/mol. The summed E-state index contributed by atoms with van der Waals surface area (Å²) in [6.45, 7) is 2.82. The Balaban J connectivity index is 1.21. The quantitative estimate of drug-likeness (QED) is 0.668. The summed E-state index contributed by atoms with van der Waals surface area (Å²) in [6, 6.07) is 5.72. The number of rotatable bonds is 7. The molecule has 2 aliphatic heterocycles. The molecule has 0 aromatic heterocycles. The molecule has 0 radical (unpaired) electrons. The van der Waals surface area contributed by atoms with Gasteiger partial charge in [-0.1, -0.05) is 25.3 Å². The van der Waals surface area contributed by atoms with E-state index in [0.29, 0.717) is 38.5 Å². The number of piperazine rings is 1. The van der Waals surface area contributed by atoms with Crippen molar-refractivity contribution in [2.45, 2.75) is 44.7 Å². The second-order valence-electron chi connectivity index (χ2n) is 8.46. The molecular formula is C21H32N4O5S. The molecule has 2 fully saturated rings. The second-order valence-corrected chi connectivity index (χ2v) is 10.4. The molecule has 172 valence electrons. The molecule has 1 aromatic carbocycles. The summed E-state index contributed by atoms with van der Waals surface area (Å²) in [5.41, 5.74) is 0.944. The van der Waals surface area contributed by atoms with Gasteiger partial charge in [0.25, 0.3) is 10.2 Å². The number of nitrogens with one attached hydrogen (secondary N) is 1. The van der Waals surface area contributed by atoms with Crippen LogP contribution in [-0.4, -0.2) is 80.4 Å². The van der Waals surface area contributed by atoms with Gasteiger partial charge in [-0.15, -0.1) is 0 Å². The number of hydrogen-bond donors (Lipinski definition) is 1. The Morgan fingerprint density at radius 2 is 1.81 bits per heavy atom. The van der Waals surface area contributed by atoms with Crippen molar-refractivity contribution in [1.82, 2.24) is 18.8 Å². The van der Waals surface area contributed by atoms with Gasteiger partial charge in [0, 0.05) is 45.8 Å². The summed E-state index contributed by atoms with van der Waals surface area (Å²) < 4.78 is 39.8. The van der Waals surface area contributed by atoms with Crippen molar-refractivity contribution in [2.75, 3.05) is 46.6 Å². The molecule has 1 saturated heterocycles. The van der Waals surface area contributed by atoms with Gasteiger partial charge in [0.15, 0.2) is 11.5 Å². The van der Waals surface area contributed by atoms with Crippen LogP contribution in [0, 0.1) is 0 Å². The van der Waals surface area contributed by atoms with Crippen LogP contribution in [-0.2, 0) is 21.5 Å². The third-order valence-corrected chi connectivity index (χ3v) is 8.45. The monoisotopic (exact) mass is 452 g/mol. The van der Waals surface area contributed by atoms with E-state index < -0.39 is 10.2 Å². The van der Waals surface area contributed by atoms with Crippen LogP contribution in [0.25, 0.3) is 0 Å². The van der Waals surface area contributed by atoms with Crippen molar-refractivity contribution in [3.63, 3.8) is 0 Å². The van der Waals surface area contributed by atoms with Gasteiger partial charge >= 0.3 is 0 Å². The molecule has 0 unspecified atom stereocenters. The average molecular weight is 453 g/mol. The summed E-state index contributed by atoms with van der Waals surface area (Å²) in [5, 5.41) is 2.92. The number of benzene rings is 1. The van der Waals surface area contributed by atoms with E-state index in [4.69, 9.17) is 9.47 Å². The summed E-state index contributed by atoms with van der Waals surface area (Å²) in [6.07, 6.45) is 5.28.